The maximum Gasteiger partial charge on any atom is 0.268 e. The number of amides is 1. The van der Waals surface area contributed by atoms with E-state index >= 15 is 0 Å². The fourth-order valence-electron chi connectivity index (χ4n) is 2.78. The number of carbonyl (C=O) groups excluding carboxylic acids is 1. The molecule has 1 amide bonds. The molecule has 0 radical (unpaired) electrons. The van der Waals surface area contributed by atoms with Crippen molar-refractivity contribution in [1.29, 1.82) is 0 Å². The molecule has 1 N–H and O–H groups in total. The summed E-state index contributed by atoms with van der Waals surface area (Å²) < 4.78 is 7.04. The number of aromatic nitrogens is 2. The number of rotatable bonds is 5. The first kappa shape index (κ1) is 16.7. The molecule has 0 unspecified atom stereocenters. The molecule has 0 fully saturated rings. The van der Waals surface area contributed by atoms with Crippen molar-refractivity contribution in [3.8, 4) is 0 Å². The Labute approximate surface area is 145 Å². The van der Waals surface area contributed by atoms with Crippen LogP contribution in [0.3, 0.4) is 0 Å². The van der Waals surface area contributed by atoms with Gasteiger partial charge in [0, 0.05) is 29.9 Å². The van der Waals surface area contributed by atoms with Gasteiger partial charge in [-0.15, -0.1) is 11.3 Å². The molecule has 2 aromatic heterocycles. The summed E-state index contributed by atoms with van der Waals surface area (Å²) >= 11 is 1.57. The Morgan fingerprint density at radius 1 is 1.33 bits per heavy atom. The SMILES string of the molecule is COCc1nc(C)c(CNC(=O)c2cc3cc(C)ccc3n2C)s1. The number of ether oxygens (including phenoxy) is 1. The van der Waals surface area contributed by atoms with Crippen molar-refractivity contribution >= 4 is 28.1 Å². The molecule has 1 aromatic carbocycles. The predicted octanol–water partition coefficient (Wildman–Crippen LogP) is 3.33. The number of fused-ring (bicyclic) bond motifs is 1. The molecule has 0 aliphatic heterocycles. The highest BCUT2D eigenvalue weighted by atomic mass is 32.1. The molecule has 0 atom stereocenters. The quantitative estimate of drug-likeness (QED) is 0.773. The zero-order valence-corrected chi connectivity index (χ0v) is 15.2. The Morgan fingerprint density at radius 3 is 2.88 bits per heavy atom. The van der Waals surface area contributed by atoms with Crippen LogP contribution in [-0.4, -0.2) is 22.6 Å². The molecule has 6 heteroatoms. The maximum atomic E-state index is 12.6. The number of nitrogens with one attached hydrogen (secondary N) is 1. The monoisotopic (exact) mass is 343 g/mol. The van der Waals surface area contributed by atoms with Crippen molar-refractivity contribution in [2.45, 2.75) is 27.0 Å². The van der Waals surface area contributed by atoms with Crippen LogP contribution in [0.2, 0.25) is 0 Å². The maximum absolute atomic E-state index is 12.6. The van der Waals surface area contributed by atoms with Gasteiger partial charge in [0.15, 0.2) is 0 Å². The van der Waals surface area contributed by atoms with Gasteiger partial charge in [-0.2, -0.15) is 0 Å². The third-order valence-electron chi connectivity index (χ3n) is 4.04. The van der Waals surface area contributed by atoms with E-state index in [9.17, 15) is 4.79 Å². The van der Waals surface area contributed by atoms with Crippen LogP contribution in [0.5, 0.6) is 0 Å². The highest BCUT2D eigenvalue weighted by Crippen LogP contribution is 2.21. The number of hydrogen-bond acceptors (Lipinski definition) is 4. The lowest BCUT2D eigenvalue weighted by atomic mass is 10.2. The molecule has 126 valence electrons. The average molecular weight is 343 g/mol. The normalized spacial score (nSPS) is 11.2. The fourth-order valence-corrected chi connectivity index (χ4v) is 3.76. The highest BCUT2D eigenvalue weighted by Gasteiger charge is 2.15. The summed E-state index contributed by atoms with van der Waals surface area (Å²) in [5, 5.41) is 5.01. The summed E-state index contributed by atoms with van der Waals surface area (Å²) in [7, 11) is 3.57. The summed E-state index contributed by atoms with van der Waals surface area (Å²) in [5.74, 6) is -0.0764. The predicted molar refractivity (Wildman–Crippen MR) is 96.4 cm³/mol. The van der Waals surface area contributed by atoms with Crippen LogP contribution < -0.4 is 5.32 Å². The Kier molecular flexibility index (Phi) is 4.69. The van der Waals surface area contributed by atoms with Crippen LogP contribution in [0.15, 0.2) is 24.3 Å². The molecule has 3 aromatic rings. The van der Waals surface area contributed by atoms with Crippen molar-refractivity contribution in [3.05, 3.63) is 51.1 Å². The molecule has 24 heavy (non-hydrogen) atoms. The van der Waals surface area contributed by atoms with E-state index < -0.39 is 0 Å². The minimum absolute atomic E-state index is 0.0764. The van der Waals surface area contributed by atoms with Crippen LogP contribution in [0.4, 0.5) is 0 Å². The average Bonchev–Trinajstić information content (AvgIpc) is 3.05. The van der Waals surface area contributed by atoms with Crippen LogP contribution in [0.25, 0.3) is 10.9 Å². The van der Waals surface area contributed by atoms with Gasteiger partial charge < -0.3 is 14.6 Å². The Bertz CT molecular complexity index is 895. The van der Waals surface area contributed by atoms with Gasteiger partial charge in [-0.3, -0.25) is 4.79 Å². The largest absolute Gasteiger partial charge is 0.378 e. The molecule has 2 heterocycles. The first-order chi connectivity index (χ1) is 11.5. The van der Waals surface area contributed by atoms with Crippen LogP contribution in [0, 0.1) is 13.8 Å². The van der Waals surface area contributed by atoms with Gasteiger partial charge in [-0.05, 0) is 32.0 Å². The summed E-state index contributed by atoms with van der Waals surface area (Å²) in [6.45, 7) is 4.99. The highest BCUT2D eigenvalue weighted by molar-refractivity contribution is 7.11. The molecule has 0 saturated heterocycles. The lowest BCUT2D eigenvalue weighted by Gasteiger charge is -2.06. The van der Waals surface area contributed by atoms with Gasteiger partial charge in [0.25, 0.3) is 5.91 Å². The fraction of sp³-hybridized carbons (Fsp3) is 0.333. The van der Waals surface area contributed by atoms with E-state index in [4.69, 9.17) is 4.74 Å². The second-order valence-electron chi connectivity index (χ2n) is 5.88. The van der Waals surface area contributed by atoms with E-state index in [2.05, 4.69) is 29.4 Å². The van der Waals surface area contributed by atoms with Gasteiger partial charge in [-0.25, -0.2) is 4.98 Å². The number of methoxy groups -OCH3 is 1. The van der Waals surface area contributed by atoms with Crippen LogP contribution in [-0.2, 0) is 24.9 Å². The molecule has 0 aliphatic rings. The molecule has 0 saturated carbocycles. The van der Waals surface area contributed by atoms with E-state index in [0.29, 0.717) is 18.8 Å². The van der Waals surface area contributed by atoms with Crippen LogP contribution in [0.1, 0.15) is 31.6 Å². The Hall–Kier alpha value is -2.18. The zero-order valence-electron chi connectivity index (χ0n) is 14.3. The summed E-state index contributed by atoms with van der Waals surface area (Å²) in [4.78, 5) is 18.1. The number of hydrogen-bond donors (Lipinski definition) is 1. The van der Waals surface area contributed by atoms with E-state index in [0.717, 1.165) is 26.5 Å². The topological polar surface area (TPSA) is 56.1 Å². The molecule has 5 nitrogen and oxygen atoms in total. The minimum atomic E-state index is -0.0764. The molecule has 0 bridgehead atoms. The summed E-state index contributed by atoms with van der Waals surface area (Å²) in [6, 6.07) is 8.14. The van der Waals surface area contributed by atoms with Crippen molar-refractivity contribution in [2.75, 3.05) is 7.11 Å². The Morgan fingerprint density at radius 2 is 2.12 bits per heavy atom. The van der Waals surface area contributed by atoms with E-state index in [-0.39, 0.29) is 5.91 Å². The van der Waals surface area contributed by atoms with Crippen molar-refractivity contribution in [3.63, 3.8) is 0 Å². The number of thiazole rings is 1. The number of carbonyl (C=O) groups is 1. The second kappa shape index (κ2) is 6.75. The van der Waals surface area contributed by atoms with E-state index in [1.54, 1.807) is 18.4 Å². The molecule has 0 spiro atoms. The lowest BCUT2D eigenvalue weighted by Crippen LogP contribution is -2.24. The first-order valence-corrected chi connectivity index (χ1v) is 8.59. The van der Waals surface area contributed by atoms with Gasteiger partial charge in [0.05, 0.1) is 18.8 Å². The van der Waals surface area contributed by atoms with Gasteiger partial charge >= 0.3 is 0 Å². The van der Waals surface area contributed by atoms with Crippen molar-refractivity contribution < 1.29 is 9.53 Å². The molecule has 3 rings (SSSR count). The zero-order chi connectivity index (χ0) is 17.3. The Balaban J connectivity index is 1.77. The molecular weight excluding hydrogens is 322 g/mol. The van der Waals surface area contributed by atoms with E-state index in [1.165, 1.54) is 5.56 Å². The van der Waals surface area contributed by atoms with Gasteiger partial charge in [0.1, 0.15) is 10.7 Å². The summed E-state index contributed by atoms with van der Waals surface area (Å²) in [5.41, 5.74) is 3.85. The first-order valence-electron chi connectivity index (χ1n) is 7.78. The third-order valence-corrected chi connectivity index (χ3v) is 5.18. The lowest BCUT2D eigenvalue weighted by molar-refractivity contribution is 0.0943. The minimum Gasteiger partial charge on any atom is -0.378 e. The third kappa shape index (κ3) is 3.20. The number of aryl methyl sites for hydroxylation is 3. The van der Waals surface area contributed by atoms with Gasteiger partial charge in [-0.1, -0.05) is 11.6 Å². The summed E-state index contributed by atoms with van der Waals surface area (Å²) in [6.07, 6.45) is 0. The van der Waals surface area contributed by atoms with Gasteiger partial charge in [0.2, 0.25) is 0 Å². The number of benzene rings is 1. The number of nitrogens with zero attached hydrogens (tertiary/aromatic N) is 2. The standard InChI is InChI=1S/C18H21N3O2S/c1-11-5-6-14-13(7-11)8-15(21(14)3)18(22)19-9-16-12(2)20-17(24-16)10-23-4/h5-8H,9-10H2,1-4H3,(H,19,22). The molecular formula is C18H21N3O2S. The van der Waals surface area contributed by atoms with Crippen molar-refractivity contribution in [1.82, 2.24) is 14.9 Å². The smallest absolute Gasteiger partial charge is 0.268 e. The van der Waals surface area contributed by atoms with Crippen molar-refractivity contribution in [2.24, 2.45) is 7.05 Å². The van der Waals surface area contributed by atoms with E-state index in [1.807, 2.05) is 30.7 Å². The second-order valence-corrected chi connectivity index (χ2v) is 7.05. The molecule has 0 aliphatic carbocycles. The van der Waals surface area contributed by atoms with Crippen LogP contribution >= 0.6 is 11.3 Å².